The summed E-state index contributed by atoms with van der Waals surface area (Å²) in [7, 11) is 1.37. The first-order valence-corrected chi connectivity index (χ1v) is 8.55. The molecule has 0 saturated heterocycles. The molecule has 22 heavy (non-hydrogen) atoms. The molecule has 1 aromatic heterocycles. The van der Waals surface area contributed by atoms with E-state index in [0.717, 1.165) is 27.9 Å². The Morgan fingerprint density at radius 2 is 2.18 bits per heavy atom. The van der Waals surface area contributed by atoms with Gasteiger partial charge in [-0.05, 0) is 52.5 Å². The van der Waals surface area contributed by atoms with E-state index in [0.29, 0.717) is 17.7 Å². The molecule has 0 aliphatic carbocycles. The van der Waals surface area contributed by atoms with Crippen molar-refractivity contribution in [1.29, 1.82) is 0 Å². The second kappa shape index (κ2) is 6.22. The Morgan fingerprint density at radius 1 is 1.36 bits per heavy atom. The Morgan fingerprint density at radius 3 is 2.86 bits per heavy atom. The van der Waals surface area contributed by atoms with Gasteiger partial charge in [-0.3, -0.25) is 4.79 Å². The normalized spacial score (nSPS) is 13.6. The van der Waals surface area contributed by atoms with E-state index < -0.39 is 0 Å². The molecule has 0 saturated carbocycles. The van der Waals surface area contributed by atoms with Crippen LogP contribution in [-0.4, -0.2) is 25.5 Å². The van der Waals surface area contributed by atoms with Crippen LogP contribution in [0.5, 0.6) is 0 Å². The van der Waals surface area contributed by atoms with Gasteiger partial charge in [-0.25, -0.2) is 4.79 Å². The van der Waals surface area contributed by atoms with Crippen molar-refractivity contribution in [1.82, 2.24) is 0 Å². The van der Waals surface area contributed by atoms with E-state index in [1.165, 1.54) is 18.4 Å². The zero-order chi connectivity index (χ0) is 15.7. The predicted octanol–water partition coefficient (Wildman–Crippen LogP) is 3.89. The minimum absolute atomic E-state index is 0.0371. The summed E-state index contributed by atoms with van der Waals surface area (Å²) >= 11 is 4.87. The number of hydrogen-bond acceptors (Lipinski definition) is 4. The lowest BCUT2D eigenvalue weighted by atomic mass is 9.96. The summed E-state index contributed by atoms with van der Waals surface area (Å²) < 4.78 is 5.77. The molecule has 0 spiro atoms. The first kappa shape index (κ1) is 15.2. The SMILES string of the molecule is COC(=O)c1cccc2c1CCCN2C(=O)c1csc(Br)c1. The van der Waals surface area contributed by atoms with Crippen LogP contribution in [0.4, 0.5) is 5.69 Å². The fourth-order valence-electron chi connectivity index (χ4n) is 2.71. The van der Waals surface area contributed by atoms with Gasteiger partial charge in [0.05, 0.1) is 22.0 Å². The van der Waals surface area contributed by atoms with Gasteiger partial charge in [-0.15, -0.1) is 11.3 Å². The van der Waals surface area contributed by atoms with Gasteiger partial charge in [0.15, 0.2) is 0 Å². The van der Waals surface area contributed by atoms with E-state index in [4.69, 9.17) is 4.74 Å². The molecule has 1 aromatic carbocycles. The third-order valence-corrected chi connectivity index (χ3v) is 5.22. The quantitative estimate of drug-likeness (QED) is 0.743. The number of carbonyl (C=O) groups excluding carboxylic acids is 2. The Bertz CT molecular complexity index is 741. The second-order valence-corrected chi connectivity index (χ2v) is 7.29. The average molecular weight is 380 g/mol. The van der Waals surface area contributed by atoms with Crippen molar-refractivity contribution in [2.24, 2.45) is 0 Å². The highest BCUT2D eigenvalue weighted by Gasteiger charge is 2.27. The maximum atomic E-state index is 12.7. The molecule has 1 aliphatic rings. The molecule has 2 heterocycles. The molecule has 0 atom stereocenters. The van der Waals surface area contributed by atoms with Crippen LogP contribution in [0.25, 0.3) is 0 Å². The molecule has 0 N–H and O–H groups in total. The van der Waals surface area contributed by atoms with Crippen molar-refractivity contribution in [3.8, 4) is 0 Å². The summed E-state index contributed by atoms with van der Waals surface area (Å²) in [6.07, 6.45) is 1.61. The number of esters is 1. The molecule has 2 aromatic rings. The Hall–Kier alpha value is -1.66. The van der Waals surface area contributed by atoms with Crippen LogP contribution in [0.15, 0.2) is 33.4 Å². The predicted molar refractivity (Wildman–Crippen MR) is 89.8 cm³/mol. The lowest BCUT2D eigenvalue weighted by Crippen LogP contribution is -2.35. The number of rotatable bonds is 2. The van der Waals surface area contributed by atoms with Crippen LogP contribution >= 0.6 is 27.3 Å². The molecule has 114 valence electrons. The van der Waals surface area contributed by atoms with Gasteiger partial charge in [0, 0.05) is 17.6 Å². The van der Waals surface area contributed by atoms with E-state index in [2.05, 4.69) is 15.9 Å². The first-order chi connectivity index (χ1) is 10.6. The monoisotopic (exact) mass is 379 g/mol. The van der Waals surface area contributed by atoms with Crippen LogP contribution < -0.4 is 4.90 Å². The molecule has 0 fully saturated rings. The van der Waals surface area contributed by atoms with Crippen molar-refractivity contribution in [3.05, 3.63) is 50.1 Å². The van der Waals surface area contributed by atoms with Crippen LogP contribution in [0.1, 0.15) is 32.7 Å². The number of nitrogens with zero attached hydrogens (tertiary/aromatic N) is 1. The number of fused-ring (bicyclic) bond motifs is 1. The van der Waals surface area contributed by atoms with Gasteiger partial charge in [0.2, 0.25) is 0 Å². The summed E-state index contributed by atoms with van der Waals surface area (Å²) in [4.78, 5) is 26.4. The van der Waals surface area contributed by atoms with E-state index in [9.17, 15) is 9.59 Å². The van der Waals surface area contributed by atoms with Gasteiger partial charge < -0.3 is 9.64 Å². The topological polar surface area (TPSA) is 46.6 Å². The third kappa shape index (κ3) is 2.68. The minimum Gasteiger partial charge on any atom is -0.465 e. The number of hydrogen-bond donors (Lipinski definition) is 0. The number of carbonyl (C=O) groups is 2. The van der Waals surface area contributed by atoms with Crippen LogP contribution in [0.2, 0.25) is 0 Å². The Balaban J connectivity index is 2.01. The molecule has 0 radical (unpaired) electrons. The molecule has 4 nitrogen and oxygen atoms in total. The summed E-state index contributed by atoms with van der Waals surface area (Å²) in [6, 6.07) is 7.26. The highest BCUT2D eigenvalue weighted by Crippen LogP contribution is 2.32. The van der Waals surface area contributed by atoms with Gasteiger partial charge in [-0.1, -0.05) is 6.07 Å². The molecule has 0 bridgehead atoms. The lowest BCUT2D eigenvalue weighted by Gasteiger charge is -2.30. The molecule has 1 aliphatic heterocycles. The van der Waals surface area contributed by atoms with E-state index in [1.54, 1.807) is 17.0 Å². The molecule has 0 unspecified atom stereocenters. The molecular weight excluding hydrogens is 366 g/mol. The number of halogens is 1. The fourth-order valence-corrected chi connectivity index (χ4v) is 3.85. The Labute approximate surface area is 140 Å². The van der Waals surface area contributed by atoms with Crippen LogP contribution in [0, 0.1) is 0 Å². The Kier molecular flexibility index (Phi) is 4.31. The molecule has 3 rings (SSSR count). The third-order valence-electron chi connectivity index (χ3n) is 3.72. The number of ether oxygens (including phenoxy) is 1. The summed E-state index contributed by atoms with van der Waals surface area (Å²) in [5.74, 6) is -0.394. The number of anilines is 1. The summed E-state index contributed by atoms with van der Waals surface area (Å²) in [5.41, 5.74) is 2.90. The van der Waals surface area contributed by atoms with Crippen LogP contribution in [-0.2, 0) is 11.2 Å². The maximum Gasteiger partial charge on any atom is 0.338 e. The van der Waals surface area contributed by atoms with Crippen molar-refractivity contribution in [2.75, 3.05) is 18.6 Å². The fraction of sp³-hybridized carbons (Fsp3) is 0.250. The van der Waals surface area contributed by atoms with E-state index in [1.807, 2.05) is 17.5 Å². The number of thiophene rings is 1. The highest BCUT2D eigenvalue weighted by atomic mass is 79.9. The van der Waals surface area contributed by atoms with Crippen molar-refractivity contribution < 1.29 is 14.3 Å². The van der Waals surface area contributed by atoms with Gasteiger partial charge in [-0.2, -0.15) is 0 Å². The largest absolute Gasteiger partial charge is 0.465 e. The number of methoxy groups -OCH3 is 1. The van der Waals surface area contributed by atoms with Gasteiger partial charge >= 0.3 is 5.97 Å². The smallest absolute Gasteiger partial charge is 0.338 e. The summed E-state index contributed by atoms with van der Waals surface area (Å²) in [5, 5.41) is 1.84. The van der Waals surface area contributed by atoms with Gasteiger partial charge in [0.1, 0.15) is 0 Å². The van der Waals surface area contributed by atoms with Crippen molar-refractivity contribution >= 4 is 44.8 Å². The minimum atomic E-state index is -0.357. The van der Waals surface area contributed by atoms with E-state index in [-0.39, 0.29) is 11.9 Å². The van der Waals surface area contributed by atoms with Crippen LogP contribution in [0.3, 0.4) is 0 Å². The van der Waals surface area contributed by atoms with Crippen molar-refractivity contribution in [3.63, 3.8) is 0 Å². The summed E-state index contributed by atoms with van der Waals surface area (Å²) in [6.45, 7) is 0.657. The highest BCUT2D eigenvalue weighted by molar-refractivity contribution is 9.11. The standard InChI is InChI=1S/C16H14BrNO3S/c1-21-16(20)12-4-2-6-13-11(12)5-3-7-18(13)15(19)10-8-14(17)22-9-10/h2,4,6,8-9H,3,5,7H2,1H3. The maximum absolute atomic E-state index is 12.7. The molecule has 6 heteroatoms. The second-order valence-electron chi connectivity index (χ2n) is 4.99. The first-order valence-electron chi connectivity index (χ1n) is 6.88. The lowest BCUT2D eigenvalue weighted by molar-refractivity contribution is 0.0599. The zero-order valence-electron chi connectivity index (χ0n) is 12.0. The zero-order valence-corrected chi connectivity index (χ0v) is 14.4. The van der Waals surface area contributed by atoms with Crippen molar-refractivity contribution in [2.45, 2.75) is 12.8 Å². The van der Waals surface area contributed by atoms with E-state index >= 15 is 0 Å². The average Bonchev–Trinajstić information content (AvgIpc) is 2.98. The molecule has 1 amide bonds. The van der Waals surface area contributed by atoms with Gasteiger partial charge in [0.25, 0.3) is 5.91 Å². The number of amides is 1. The molecular formula is C16H14BrNO3S. The number of benzene rings is 1.